The first kappa shape index (κ1) is 14.5. The van der Waals surface area contributed by atoms with E-state index in [-0.39, 0.29) is 11.8 Å². The van der Waals surface area contributed by atoms with Crippen LogP contribution >= 0.6 is 11.6 Å². The van der Waals surface area contributed by atoms with Gasteiger partial charge in [-0.05, 0) is 26.0 Å². The van der Waals surface area contributed by atoms with Gasteiger partial charge in [-0.1, -0.05) is 25.4 Å². The number of aryl methyl sites for hydroxylation is 1. The molecule has 0 bridgehead atoms. The lowest BCUT2D eigenvalue weighted by atomic mass is 10.2. The minimum absolute atomic E-state index is 0.0336. The van der Waals surface area contributed by atoms with E-state index in [1.54, 1.807) is 23.0 Å². The number of hydrogen-bond acceptors (Lipinski definition) is 3. The minimum Gasteiger partial charge on any atom is -0.325 e. The van der Waals surface area contributed by atoms with Gasteiger partial charge in [0.25, 0.3) is 0 Å². The maximum absolute atomic E-state index is 11.6. The molecule has 0 saturated heterocycles. The van der Waals surface area contributed by atoms with Gasteiger partial charge in [0, 0.05) is 5.92 Å². The van der Waals surface area contributed by atoms with Gasteiger partial charge >= 0.3 is 0 Å². The van der Waals surface area contributed by atoms with Crippen molar-refractivity contribution in [3.05, 3.63) is 34.7 Å². The number of pyridine rings is 1. The molecule has 106 valence electrons. The highest BCUT2D eigenvalue weighted by Gasteiger charge is 2.12. The van der Waals surface area contributed by atoms with Crippen LogP contribution in [0, 0.1) is 19.8 Å². The molecule has 20 heavy (non-hydrogen) atoms. The van der Waals surface area contributed by atoms with Crippen molar-refractivity contribution in [2.24, 2.45) is 5.92 Å². The standard InChI is InChI=1S/C14H17ClN4O/c1-8(2)14(20)17-11-5-6-12(16-7-11)19-10(4)13(15)9(3)18-19/h5-8H,1-4H3,(H,17,20). The fourth-order valence-electron chi connectivity index (χ4n) is 1.72. The third-order valence-electron chi connectivity index (χ3n) is 2.96. The average Bonchev–Trinajstić information content (AvgIpc) is 2.67. The first-order chi connectivity index (χ1) is 9.40. The van der Waals surface area contributed by atoms with E-state index in [0.29, 0.717) is 16.5 Å². The van der Waals surface area contributed by atoms with Crippen LogP contribution in [0.25, 0.3) is 5.82 Å². The lowest BCUT2D eigenvalue weighted by molar-refractivity contribution is -0.118. The van der Waals surface area contributed by atoms with E-state index in [4.69, 9.17) is 11.6 Å². The molecule has 5 nitrogen and oxygen atoms in total. The highest BCUT2D eigenvalue weighted by atomic mass is 35.5. The van der Waals surface area contributed by atoms with Gasteiger partial charge in [-0.25, -0.2) is 9.67 Å². The molecule has 0 aliphatic heterocycles. The van der Waals surface area contributed by atoms with Gasteiger partial charge in [-0.3, -0.25) is 4.79 Å². The zero-order valence-corrected chi connectivity index (χ0v) is 12.7. The summed E-state index contributed by atoms with van der Waals surface area (Å²) in [6, 6.07) is 3.60. The molecule has 2 rings (SSSR count). The zero-order chi connectivity index (χ0) is 14.9. The summed E-state index contributed by atoms with van der Waals surface area (Å²) >= 11 is 6.12. The molecular formula is C14H17ClN4O. The number of rotatable bonds is 3. The number of nitrogens with zero attached hydrogens (tertiary/aromatic N) is 3. The Hall–Kier alpha value is -1.88. The van der Waals surface area contributed by atoms with Crippen LogP contribution in [0.15, 0.2) is 18.3 Å². The van der Waals surface area contributed by atoms with E-state index in [1.807, 2.05) is 27.7 Å². The lowest BCUT2D eigenvalue weighted by Gasteiger charge is -2.08. The fourth-order valence-corrected chi connectivity index (χ4v) is 1.84. The third-order valence-corrected chi connectivity index (χ3v) is 3.51. The smallest absolute Gasteiger partial charge is 0.226 e. The molecule has 6 heteroatoms. The van der Waals surface area contributed by atoms with Crippen LogP contribution in [0.1, 0.15) is 25.2 Å². The van der Waals surface area contributed by atoms with Crippen LogP contribution in [-0.2, 0) is 4.79 Å². The van der Waals surface area contributed by atoms with Gasteiger partial charge < -0.3 is 5.32 Å². The number of halogens is 1. The second kappa shape index (κ2) is 5.63. The van der Waals surface area contributed by atoms with Crippen molar-refractivity contribution in [1.82, 2.24) is 14.8 Å². The second-order valence-corrected chi connectivity index (χ2v) is 5.32. The normalized spacial score (nSPS) is 10.9. The quantitative estimate of drug-likeness (QED) is 0.945. The SMILES string of the molecule is Cc1nn(-c2ccc(NC(=O)C(C)C)cn2)c(C)c1Cl. The van der Waals surface area contributed by atoms with Gasteiger partial charge in [0.1, 0.15) is 0 Å². The Morgan fingerprint density at radius 3 is 2.50 bits per heavy atom. The van der Waals surface area contributed by atoms with Gasteiger partial charge in [0.15, 0.2) is 5.82 Å². The number of nitrogens with one attached hydrogen (secondary N) is 1. The Bertz CT molecular complexity index is 631. The summed E-state index contributed by atoms with van der Waals surface area (Å²) < 4.78 is 1.69. The summed E-state index contributed by atoms with van der Waals surface area (Å²) in [5.74, 6) is 0.568. The molecule has 2 aromatic rings. The van der Waals surface area contributed by atoms with Gasteiger partial charge in [0.2, 0.25) is 5.91 Å². The highest BCUT2D eigenvalue weighted by Crippen LogP contribution is 2.21. The van der Waals surface area contributed by atoms with Gasteiger partial charge in [0.05, 0.1) is 28.3 Å². The Kier molecular flexibility index (Phi) is 4.09. The van der Waals surface area contributed by atoms with E-state index in [1.165, 1.54) is 0 Å². The number of anilines is 1. The van der Waals surface area contributed by atoms with Crippen molar-refractivity contribution in [3.8, 4) is 5.82 Å². The highest BCUT2D eigenvalue weighted by molar-refractivity contribution is 6.31. The number of amides is 1. The second-order valence-electron chi connectivity index (χ2n) is 4.95. The van der Waals surface area contributed by atoms with Gasteiger partial charge in [-0.15, -0.1) is 0 Å². The molecule has 0 aliphatic carbocycles. The first-order valence-corrected chi connectivity index (χ1v) is 6.77. The molecule has 2 heterocycles. The number of aromatic nitrogens is 3. The first-order valence-electron chi connectivity index (χ1n) is 6.39. The predicted octanol–water partition coefficient (Wildman–Crippen LogP) is 3.13. The van der Waals surface area contributed by atoms with Crippen molar-refractivity contribution in [1.29, 1.82) is 0 Å². The van der Waals surface area contributed by atoms with E-state index < -0.39 is 0 Å². The third kappa shape index (κ3) is 2.82. The molecule has 2 aromatic heterocycles. The molecule has 1 N–H and O–H groups in total. The van der Waals surface area contributed by atoms with Crippen LogP contribution in [0.4, 0.5) is 5.69 Å². The van der Waals surface area contributed by atoms with Crippen molar-refractivity contribution in [3.63, 3.8) is 0 Å². The van der Waals surface area contributed by atoms with Crippen LogP contribution in [-0.4, -0.2) is 20.7 Å². The molecule has 1 amide bonds. The molecule has 0 saturated carbocycles. The van der Waals surface area contributed by atoms with E-state index in [9.17, 15) is 4.79 Å². The van der Waals surface area contributed by atoms with E-state index in [2.05, 4.69) is 15.4 Å². The maximum atomic E-state index is 11.6. The van der Waals surface area contributed by atoms with Crippen LogP contribution in [0.5, 0.6) is 0 Å². The Morgan fingerprint density at radius 2 is 2.05 bits per heavy atom. The summed E-state index contributed by atoms with van der Waals surface area (Å²) in [6.45, 7) is 7.42. The molecule has 0 unspecified atom stereocenters. The molecule has 0 radical (unpaired) electrons. The average molecular weight is 293 g/mol. The summed E-state index contributed by atoms with van der Waals surface area (Å²) in [4.78, 5) is 15.9. The van der Waals surface area contributed by atoms with Crippen LogP contribution in [0.3, 0.4) is 0 Å². The lowest BCUT2D eigenvalue weighted by Crippen LogP contribution is -2.17. The number of carbonyl (C=O) groups excluding carboxylic acids is 1. The monoisotopic (exact) mass is 292 g/mol. The Morgan fingerprint density at radius 1 is 1.35 bits per heavy atom. The summed E-state index contributed by atoms with van der Waals surface area (Å²) in [6.07, 6.45) is 1.61. The predicted molar refractivity (Wildman–Crippen MR) is 79.3 cm³/mol. The van der Waals surface area contributed by atoms with Crippen molar-refractivity contribution < 1.29 is 4.79 Å². The fraction of sp³-hybridized carbons (Fsp3) is 0.357. The van der Waals surface area contributed by atoms with Crippen molar-refractivity contribution in [2.75, 3.05) is 5.32 Å². The van der Waals surface area contributed by atoms with E-state index in [0.717, 1.165) is 11.4 Å². The largest absolute Gasteiger partial charge is 0.325 e. The molecule has 0 aromatic carbocycles. The summed E-state index contributed by atoms with van der Waals surface area (Å²) in [7, 11) is 0. The topological polar surface area (TPSA) is 59.8 Å². The zero-order valence-electron chi connectivity index (χ0n) is 11.9. The maximum Gasteiger partial charge on any atom is 0.226 e. The molecule has 0 fully saturated rings. The van der Waals surface area contributed by atoms with Crippen LogP contribution in [0.2, 0.25) is 5.02 Å². The Labute approximate surface area is 123 Å². The summed E-state index contributed by atoms with van der Waals surface area (Å²) in [5, 5.41) is 7.77. The number of hydrogen-bond donors (Lipinski definition) is 1. The molecule has 0 aliphatic rings. The molecule has 0 spiro atoms. The number of carbonyl (C=O) groups is 1. The van der Waals surface area contributed by atoms with Crippen molar-refractivity contribution >= 4 is 23.2 Å². The Balaban J connectivity index is 2.24. The van der Waals surface area contributed by atoms with Crippen LogP contribution < -0.4 is 5.32 Å². The van der Waals surface area contributed by atoms with Gasteiger partial charge in [-0.2, -0.15) is 5.10 Å². The van der Waals surface area contributed by atoms with E-state index >= 15 is 0 Å². The molecule has 0 atom stereocenters. The molecular weight excluding hydrogens is 276 g/mol. The summed E-state index contributed by atoms with van der Waals surface area (Å²) in [5.41, 5.74) is 2.28. The van der Waals surface area contributed by atoms with Crippen molar-refractivity contribution in [2.45, 2.75) is 27.7 Å². The minimum atomic E-state index is -0.0653.